The van der Waals surface area contributed by atoms with Crippen molar-refractivity contribution in [1.82, 2.24) is 34.4 Å². The number of fused-ring (bicyclic) bond motifs is 3. The molecular formula is C35H41ClF3N7O5. The van der Waals surface area contributed by atoms with Gasteiger partial charge in [0.2, 0.25) is 0 Å². The van der Waals surface area contributed by atoms with Gasteiger partial charge in [0, 0.05) is 63.8 Å². The number of carbonyl (C=O) groups is 2. The van der Waals surface area contributed by atoms with Gasteiger partial charge in [0.1, 0.15) is 5.75 Å². The molecule has 2 N–H and O–H groups in total. The van der Waals surface area contributed by atoms with Crippen LogP contribution in [0, 0.1) is 5.92 Å². The van der Waals surface area contributed by atoms with Crippen LogP contribution in [0.25, 0.3) is 11.4 Å². The van der Waals surface area contributed by atoms with Crippen LogP contribution in [0.3, 0.4) is 0 Å². The van der Waals surface area contributed by atoms with Crippen molar-refractivity contribution in [1.29, 1.82) is 0 Å². The number of halogens is 4. The van der Waals surface area contributed by atoms with E-state index in [9.17, 15) is 32.7 Å². The fraction of sp³-hybridized carbons (Fsp3) is 0.543. The third kappa shape index (κ3) is 7.61. The molecule has 1 aromatic heterocycles. The molecule has 274 valence electrons. The first-order valence-corrected chi connectivity index (χ1v) is 17.9. The zero-order valence-electron chi connectivity index (χ0n) is 28.0. The highest BCUT2D eigenvalue weighted by atomic mass is 35.5. The minimum absolute atomic E-state index is 0.00646. The van der Waals surface area contributed by atoms with Crippen LogP contribution < -0.4 is 5.69 Å². The molecule has 2 bridgehead atoms. The molecule has 0 spiro atoms. The number of piperidine rings is 4. The smallest absolute Gasteiger partial charge is 0.420 e. The van der Waals surface area contributed by atoms with Crippen LogP contribution in [0.1, 0.15) is 42.9 Å². The largest absolute Gasteiger partial charge is 0.506 e. The number of phenols is 1. The molecule has 1 unspecified atom stereocenters. The molecule has 0 saturated carbocycles. The number of benzene rings is 2. The number of nitrogens with one attached hydrogen (secondary N) is 1. The zero-order valence-corrected chi connectivity index (χ0v) is 28.8. The first kappa shape index (κ1) is 35.3. The van der Waals surface area contributed by atoms with Crippen LogP contribution in [0.4, 0.5) is 18.0 Å². The van der Waals surface area contributed by atoms with Gasteiger partial charge in [0.25, 0.3) is 5.91 Å². The molecule has 5 saturated heterocycles. The molecule has 6 heterocycles. The van der Waals surface area contributed by atoms with Gasteiger partial charge in [-0.25, -0.2) is 14.3 Å². The number of amides is 2. The Morgan fingerprint density at radius 1 is 0.961 bits per heavy atom. The Balaban J connectivity index is 1.04. The second-order valence-electron chi connectivity index (χ2n) is 13.9. The molecule has 12 nitrogen and oxygen atoms in total. The van der Waals surface area contributed by atoms with E-state index in [1.807, 2.05) is 30.3 Å². The van der Waals surface area contributed by atoms with Crippen LogP contribution in [0.5, 0.6) is 5.75 Å². The highest BCUT2D eigenvalue weighted by Gasteiger charge is 2.41. The maximum atomic E-state index is 14.0. The molecule has 0 aliphatic carbocycles. The van der Waals surface area contributed by atoms with Gasteiger partial charge in [-0.2, -0.15) is 13.2 Å². The first-order chi connectivity index (χ1) is 24.4. The monoisotopic (exact) mass is 731 g/mol. The number of alkyl halides is 3. The number of rotatable bonds is 7. The average Bonchev–Trinajstić information content (AvgIpc) is 3.54. The highest BCUT2D eigenvalue weighted by molar-refractivity contribution is 6.32. The van der Waals surface area contributed by atoms with Gasteiger partial charge in [-0.05, 0) is 62.4 Å². The lowest BCUT2D eigenvalue weighted by molar-refractivity contribution is -0.143. The van der Waals surface area contributed by atoms with E-state index in [2.05, 4.69) is 19.9 Å². The number of carbonyl (C=O) groups excluding carboxylic acids is 2. The topological polar surface area (TPSA) is 127 Å². The highest BCUT2D eigenvalue weighted by Crippen LogP contribution is 2.41. The standard InChI is InChI=1S/C35H41ClF3N7O5/c36-27-19-22(18-26(30(27)47)35(37,38)39)20-29(32(48)44-16-14-43(15-17-44)28-21-42-10-6-23(28)7-11-42)51-34(50)45-12-8-25(9-13-45)46-33(49)40-31(41-46)24-4-2-1-3-5-24/h1-5,18-19,23,25,28-29,47H,6-17,20-21H2,(H,40,41,49)/t28?,29-/m1/s1. The van der Waals surface area contributed by atoms with Crippen molar-refractivity contribution in [2.45, 2.75) is 56.5 Å². The van der Waals surface area contributed by atoms with Gasteiger partial charge in [0.05, 0.1) is 16.6 Å². The summed E-state index contributed by atoms with van der Waals surface area (Å²) in [4.78, 5) is 51.0. The summed E-state index contributed by atoms with van der Waals surface area (Å²) >= 11 is 5.99. The number of H-pyrrole nitrogens is 1. The van der Waals surface area contributed by atoms with E-state index in [0.717, 1.165) is 37.3 Å². The summed E-state index contributed by atoms with van der Waals surface area (Å²) in [6.45, 7) is 5.79. The predicted molar refractivity (Wildman–Crippen MR) is 181 cm³/mol. The van der Waals surface area contributed by atoms with Gasteiger partial charge in [-0.15, -0.1) is 5.10 Å². The molecule has 0 radical (unpaired) electrons. The lowest BCUT2D eigenvalue weighted by Gasteiger charge is -2.51. The summed E-state index contributed by atoms with van der Waals surface area (Å²) in [7, 11) is 0. The molecule has 8 rings (SSSR count). The van der Waals surface area contributed by atoms with Crippen LogP contribution >= 0.6 is 11.6 Å². The molecule has 5 aliphatic rings. The number of hydrogen-bond acceptors (Lipinski definition) is 8. The van der Waals surface area contributed by atoms with E-state index in [4.69, 9.17) is 16.3 Å². The Morgan fingerprint density at radius 3 is 2.27 bits per heavy atom. The van der Waals surface area contributed by atoms with E-state index < -0.39 is 40.6 Å². The molecule has 51 heavy (non-hydrogen) atoms. The first-order valence-electron chi connectivity index (χ1n) is 17.5. The van der Waals surface area contributed by atoms with Crippen molar-refractivity contribution in [3.63, 3.8) is 0 Å². The van der Waals surface area contributed by atoms with E-state index in [0.29, 0.717) is 56.8 Å². The lowest BCUT2D eigenvalue weighted by atomic mass is 9.83. The summed E-state index contributed by atoms with van der Waals surface area (Å²) in [6.07, 6.45) is -4.33. The van der Waals surface area contributed by atoms with Gasteiger partial charge in [-0.3, -0.25) is 14.7 Å². The van der Waals surface area contributed by atoms with Gasteiger partial charge >= 0.3 is 18.0 Å². The minimum Gasteiger partial charge on any atom is -0.506 e. The Kier molecular flexibility index (Phi) is 10.0. The third-order valence-corrected chi connectivity index (χ3v) is 11.1. The van der Waals surface area contributed by atoms with Crippen LogP contribution in [0.2, 0.25) is 5.02 Å². The Hall–Kier alpha value is -4.08. The minimum atomic E-state index is -4.89. The van der Waals surface area contributed by atoms with Gasteiger partial charge in [0.15, 0.2) is 11.9 Å². The summed E-state index contributed by atoms with van der Waals surface area (Å²) < 4.78 is 48.4. The van der Waals surface area contributed by atoms with Crippen LogP contribution in [-0.2, 0) is 22.1 Å². The Bertz CT molecular complexity index is 1780. The molecule has 16 heteroatoms. The quantitative estimate of drug-likeness (QED) is 0.370. The van der Waals surface area contributed by atoms with Crippen molar-refractivity contribution in [3.8, 4) is 17.1 Å². The molecule has 2 aromatic carbocycles. The second kappa shape index (κ2) is 14.5. The summed E-state index contributed by atoms with van der Waals surface area (Å²) in [6, 6.07) is 11.3. The maximum absolute atomic E-state index is 14.0. The number of aromatic amines is 1. The van der Waals surface area contributed by atoms with Gasteiger partial charge < -0.3 is 24.5 Å². The second-order valence-corrected chi connectivity index (χ2v) is 14.3. The van der Waals surface area contributed by atoms with Crippen LogP contribution in [-0.4, -0.2) is 123 Å². The average molecular weight is 732 g/mol. The van der Waals surface area contributed by atoms with E-state index >= 15 is 0 Å². The molecule has 2 atom stereocenters. The van der Waals surface area contributed by atoms with Crippen molar-refractivity contribution < 1.29 is 32.6 Å². The zero-order chi connectivity index (χ0) is 35.9. The van der Waals surface area contributed by atoms with E-state index in [1.165, 1.54) is 22.4 Å². The number of piperazine rings is 1. The number of aromatic nitrogens is 3. The molecule has 3 aromatic rings. The van der Waals surface area contributed by atoms with Crippen LogP contribution in [0.15, 0.2) is 47.3 Å². The van der Waals surface area contributed by atoms with E-state index in [1.54, 1.807) is 4.90 Å². The number of nitrogens with zero attached hydrogens (tertiary/aromatic N) is 6. The molecule has 5 fully saturated rings. The van der Waals surface area contributed by atoms with Crippen molar-refractivity contribution in [3.05, 3.63) is 69.1 Å². The number of likely N-dealkylation sites (tertiary alicyclic amines) is 1. The number of phenolic OH excluding ortho intramolecular Hbond substituents is 1. The molecular weight excluding hydrogens is 691 g/mol. The molecule has 5 aliphatic heterocycles. The fourth-order valence-electron chi connectivity index (χ4n) is 8.01. The normalized spacial score (nSPS) is 23.7. The van der Waals surface area contributed by atoms with Crippen molar-refractivity contribution in [2.75, 3.05) is 58.9 Å². The number of hydrogen-bond donors (Lipinski definition) is 2. The number of aromatic hydroxyl groups is 1. The van der Waals surface area contributed by atoms with Crippen molar-refractivity contribution in [2.24, 2.45) is 5.92 Å². The molecule has 2 amide bonds. The fourth-order valence-corrected chi connectivity index (χ4v) is 8.25. The van der Waals surface area contributed by atoms with Gasteiger partial charge in [-0.1, -0.05) is 41.9 Å². The number of ether oxygens (including phenoxy) is 1. The van der Waals surface area contributed by atoms with Crippen molar-refractivity contribution >= 4 is 23.6 Å². The lowest BCUT2D eigenvalue weighted by Crippen LogP contribution is -2.62. The summed E-state index contributed by atoms with van der Waals surface area (Å²) in [5.74, 6) is -0.529. The third-order valence-electron chi connectivity index (χ3n) is 10.8. The Morgan fingerprint density at radius 2 is 1.65 bits per heavy atom. The van der Waals surface area contributed by atoms with E-state index in [-0.39, 0.29) is 36.8 Å². The SMILES string of the molecule is O=C(O[C@H](Cc1cc(Cl)c(O)c(C(F)(F)F)c1)C(=O)N1CCN(C2CN3CCC2CC3)CC1)N1CCC(n2nc(-c3ccccc3)[nH]c2=O)CC1. The maximum Gasteiger partial charge on any atom is 0.420 e. The Labute approximate surface area is 297 Å². The summed E-state index contributed by atoms with van der Waals surface area (Å²) in [5, 5.41) is 14.0. The summed E-state index contributed by atoms with van der Waals surface area (Å²) in [5.41, 5.74) is -0.935. The predicted octanol–water partition coefficient (Wildman–Crippen LogP) is 4.24.